The first kappa shape index (κ1) is 14.3. The van der Waals surface area contributed by atoms with Crippen molar-refractivity contribution < 1.29 is 0 Å². The summed E-state index contributed by atoms with van der Waals surface area (Å²) in [5.41, 5.74) is 1.17. The van der Waals surface area contributed by atoms with Crippen LogP contribution in [0.4, 0.5) is 0 Å². The van der Waals surface area contributed by atoms with Crippen LogP contribution in [0.1, 0.15) is 5.56 Å². The maximum Gasteiger partial charge on any atom is 0 e. The van der Waals surface area contributed by atoms with E-state index in [0.717, 1.165) is 0 Å². The molecule has 1 aromatic carbocycles. The Hall–Kier alpha value is -1.21. The summed E-state index contributed by atoms with van der Waals surface area (Å²) in [4.78, 5) is 0. The molecule has 0 aliphatic heterocycles. The Balaban J connectivity index is 0. The van der Waals surface area contributed by atoms with Crippen molar-refractivity contribution in [1.82, 2.24) is 0 Å². The van der Waals surface area contributed by atoms with Crippen LogP contribution in [0.25, 0.3) is 6.08 Å². The van der Waals surface area contributed by atoms with E-state index < -0.39 is 0 Å². The molecule has 0 atom stereocenters. The molecule has 68 valence electrons. The molecule has 1 aromatic rings. The van der Waals surface area contributed by atoms with Crippen LogP contribution < -0.4 is 0 Å². The highest BCUT2D eigenvalue weighted by molar-refractivity contribution is 7.59. The van der Waals surface area contributed by atoms with Crippen molar-refractivity contribution in [2.45, 2.75) is 0 Å². The lowest BCUT2D eigenvalue weighted by Gasteiger charge is -1.85. The lowest BCUT2D eigenvalue weighted by Crippen LogP contribution is -1.63. The van der Waals surface area contributed by atoms with Crippen molar-refractivity contribution in [1.29, 1.82) is 0 Å². The van der Waals surface area contributed by atoms with Crippen LogP contribution in [0, 0.1) is 0 Å². The van der Waals surface area contributed by atoms with Crippen molar-refractivity contribution in [2.75, 3.05) is 0 Å². The van der Waals surface area contributed by atoms with Gasteiger partial charge in [-0.15, -0.1) is 0 Å². The molecule has 0 aliphatic carbocycles. The van der Waals surface area contributed by atoms with E-state index in [0.29, 0.717) is 0 Å². The molecule has 0 aliphatic rings. The van der Waals surface area contributed by atoms with E-state index >= 15 is 0 Å². The van der Waals surface area contributed by atoms with E-state index in [1.54, 1.807) is 12.2 Å². The number of hydrogen-bond donors (Lipinski definition) is 0. The Kier molecular flexibility index (Phi) is 11.9. The van der Waals surface area contributed by atoms with Crippen molar-refractivity contribution in [3.05, 3.63) is 67.8 Å². The minimum absolute atomic E-state index is 0. The molecule has 0 heterocycles. The number of rotatable bonds is 2. The van der Waals surface area contributed by atoms with Crippen LogP contribution in [0.15, 0.2) is 62.2 Å². The highest BCUT2D eigenvalue weighted by Gasteiger charge is 1.75. The fourth-order valence-electron chi connectivity index (χ4n) is 0.589. The molecular formula is C12H14S. The third kappa shape index (κ3) is 8.70. The quantitative estimate of drug-likeness (QED) is 0.609. The summed E-state index contributed by atoms with van der Waals surface area (Å²) in [6.07, 6.45) is 5.11. The molecule has 1 rings (SSSR count). The van der Waals surface area contributed by atoms with E-state index in [2.05, 4.69) is 19.7 Å². The van der Waals surface area contributed by atoms with Gasteiger partial charge in [0.15, 0.2) is 0 Å². The van der Waals surface area contributed by atoms with Gasteiger partial charge in [-0.2, -0.15) is 0 Å². The lowest BCUT2D eigenvalue weighted by molar-refractivity contribution is 1.67. The molecule has 0 amide bonds. The average molecular weight is 190 g/mol. The van der Waals surface area contributed by atoms with Crippen LogP contribution in [0.3, 0.4) is 0 Å². The van der Waals surface area contributed by atoms with Crippen LogP contribution in [0.2, 0.25) is 0 Å². The molecule has 0 unspecified atom stereocenters. The first-order valence-corrected chi connectivity index (χ1v) is 3.76. The molecule has 0 nitrogen and oxygen atoms in total. The van der Waals surface area contributed by atoms with Crippen LogP contribution in [-0.2, 0) is 0 Å². The Bertz CT molecular complexity index is 231. The van der Waals surface area contributed by atoms with Crippen molar-refractivity contribution in [2.24, 2.45) is 0 Å². The van der Waals surface area contributed by atoms with E-state index in [4.69, 9.17) is 0 Å². The zero-order valence-electron chi connectivity index (χ0n) is 7.65. The van der Waals surface area contributed by atoms with Gasteiger partial charge in [0.1, 0.15) is 0 Å². The van der Waals surface area contributed by atoms with Crippen molar-refractivity contribution in [3.63, 3.8) is 0 Å². The van der Waals surface area contributed by atoms with Crippen LogP contribution in [0.5, 0.6) is 0 Å². The second-order valence-electron chi connectivity index (χ2n) is 2.09. The van der Waals surface area contributed by atoms with Crippen LogP contribution in [-0.4, -0.2) is 0 Å². The van der Waals surface area contributed by atoms with Crippen molar-refractivity contribution in [3.8, 4) is 0 Å². The summed E-state index contributed by atoms with van der Waals surface area (Å²) >= 11 is 0. The average Bonchev–Trinajstić information content (AvgIpc) is 2.19. The molecule has 0 bridgehead atoms. The summed E-state index contributed by atoms with van der Waals surface area (Å²) in [5.74, 6) is 0. The van der Waals surface area contributed by atoms with Gasteiger partial charge < -0.3 is 0 Å². The minimum Gasteiger partial charge on any atom is -0.0991 e. The molecule has 0 N–H and O–H groups in total. The number of benzene rings is 1. The molecule has 0 aromatic heterocycles. The molecule has 0 saturated carbocycles. The Morgan fingerprint density at radius 2 is 1.31 bits per heavy atom. The molecule has 0 saturated heterocycles. The first-order chi connectivity index (χ1) is 5.85. The molecule has 0 fully saturated rings. The summed E-state index contributed by atoms with van der Waals surface area (Å²) < 4.78 is 0. The van der Waals surface area contributed by atoms with Crippen molar-refractivity contribution >= 4 is 19.6 Å². The summed E-state index contributed by atoms with van der Waals surface area (Å²) in [6.45, 7) is 10.4. The smallest absolute Gasteiger partial charge is 0 e. The van der Waals surface area contributed by atoms with Gasteiger partial charge in [0, 0.05) is 13.5 Å². The number of hydrogen-bond acceptors (Lipinski definition) is 0. The number of allylic oxidation sites excluding steroid dienone is 2. The second kappa shape index (κ2) is 10.8. The van der Waals surface area contributed by atoms with Gasteiger partial charge in [-0.1, -0.05) is 68.3 Å². The monoisotopic (exact) mass is 190 g/mol. The third-order valence-corrected chi connectivity index (χ3v) is 1.20. The zero-order chi connectivity index (χ0) is 9.23. The van der Waals surface area contributed by atoms with Gasteiger partial charge in [-0.25, -0.2) is 0 Å². The fourth-order valence-corrected chi connectivity index (χ4v) is 0.589. The highest BCUT2D eigenvalue weighted by Crippen LogP contribution is 1.97. The zero-order valence-corrected chi connectivity index (χ0v) is 8.46. The molecule has 0 spiro atoms. The predicted molar refractivity (Wildman–Crippen MR) is 64.5 cm³/mol. The Morgan fingerprint density at radius 3 is 1.54 bits per heavy atom. The highest BCUT2D eigenvalue weighted by atomic mass is 32.1. The van der Waals surface area contributed by atoms with Crippen LogP contribution >= 0.6 is 13.5 Å². The largest absolute Gasteiger partial charge is 0.0991 e. The predicted octanol–water partition coefficient (Wildman–Crippen LogP) is 4.34. The third-order valence-electron chi connectivity index (χ3n) is 1.20. The molecule has 13 heavy (non-hydrogen) atoms. The second-order valence-corrected chi connectivity index (χ2v) is 2.09. The summed E-state index contributed by atoms with van der Waals surface area (Å²) in [5, 5.41) is 0. The fraction of sp³-hybridized carbons (Fsp3) is 0. The van der Waals surface area contributed by atoms with Gasteiger partial charge >= 0.3 is 0 Å². The summed E-state index contributed by atoms with van der Waals surface area (Å²) in [6, 6.07) is 10.0. The van der Waals surface area contributed by atoms with E-state index in [9.17, 15) is 0 Å². The maximum atomic E-state index is 3.63. The molecule has 1 heteroatoms. The molecule has 2 radical (unpaired) electrons. The lowest BCUT2D eigenvalue weighted by atomic mass is 10.2. The van der Waals surface area contributed by atoms with Gasteiger partial charge in [0.25, 0.3) is 0 Å². The Morgan fingerprint density at radius 1 is 0.846 bits per heavy atom. The molecular weight excluding hydrogens is 176 g/mol. The van der Waals surface area contributed by atoms with Gasteiger partial charge in [-0.05, 0) is 5.56 Å². The van der Waals surface area contributed by atoms with Gasteiger partial charge in [-0.3, -0.25) is 0 Å². The van der Waals surface area contributed by atoms with E-state index in [1.165, 1.54) is 5.56 Å². The SMILES string of the molecule is C=CC=C.C=Cc1ccccc1.[S]. The van der Waals surface area contributed by atoms with Gasteiger partial charge in [0.2, 0.25) is 0 Å². The van der Waals surface area contributed by atoms with E-state index in [-0.39, 0.29) is 13.5 Å². The normalized spacial score (nSPS) is 6.77. The maximum absolute atomic E-state index is 3.63. The minimum atomic E-state index is 0. The summed E-state index contributed by atoms with van der Waals surface area (Å²) in [7, 11) is 0. The Labute approximate surface area is 87.8 Å². The van der Waals surface area contributed by atoms with Gasteiger partial charge in [0.05, 0.1) is 0 Å². The first-order valence-electron chi connectivity index (χ1n) is 3.76. The van der Waals surface area contributed by atoms with E-state index in [1.807, 2.05) is 36.4 Å². The standard InChI is InChI=1S/C8H8.C4H6.S/c1-2-8-6-4-3-5-7-8;1-3-4-2;/h2-7H,1H2;3-4H,1-2H2;. The topological polar surface area (TPSA) is 0 Å².